The predicted molar refractivity (Wildman–Crippen MR) is 99.3 cm³/mol. The third kappa shape index (κ3) is 3.20. The number of halogens is 2. The lowest BCUT2D eigenvalue weighted by Gasteiger charge is -2.26. The SMILES string of the molecule is CC(C(=O)N(C)Cc1ccccc1)N1C(=O)c2cc(Cl)c(Cl)cc2C1=O. The van der Waals surface area contributed by atoms with Crippen molar-refractivity contribution in [1.82, 2.24) is 9.80 Å². The lowest BCUT2D eigenvalue weighted by atomic mass is 10.1. The molecule has 1 aliphatic rings. The second kappa shape index (κ2) is 7.09. The third-order valence-electron chi connectivity index (χ3n) is 4.34. The number of imide groups is 1. The zero-order valence-corrected chi connectivity index (χ0v) is 15.7. The van der Waals surface area contributed by atoms with Gasteiger partial charge < -0.3 is 4.90 Å². The first-order chi connectivity index (χ1) is 12.3. The van der Waals surface area contributed by atoms with E-state index < -0.39 is 17.9 Å². The van der Waals surface area contributed by atoms with Crippen LogP contribution in [0.5, 0.6) is 0 Å². The maximum atomic E-state index is 12.7. The summed E-state index contributed by atoms with van der Waals surface area (Å²) in [5.41, 5.74) is 1.28. The second-order valence-corrected chi connectivity index (χ2v) is 6.96. The smallest absolute Gasteiger partial charge is 0.262 e. The van der Waals surface area contributed by atoms with Gasteiger partial charge in [-0.1, -0.05) is 53.5 Å². The maximum Gasteiger partial charge on any atom is 0.262 e. The fourth-order valence-corrected chi connectivity index (χ4v) is 3.30. The number of nitrogens with zero attached hydrogens (tertiary/aromatic N) is 2. The summed E-state index contributed by atoms with van der Waals surface area (Å²) < 4.78 is 0. The molecule has 0 saturated heterocycles. The molecule has 3 rings (SSSR count). The van der Waals surface area contributed by atoms with Crippen molar-refractivity contribution in [2.45, 2.75) is 19.5 Å². The minimum Gasteiger partial charge on any atom is -0.340 e. The van der Waals surface area contributed by atoms with Crippen molar-refractivity contribution < 1.29 is 14.4 Å². The quantitative estimate of drug-likeness (QED) is 0.748. The Hall–Kier alpha value is -2.37. The van der Waals surface area contributed by atoms with Crippen molar-refractivity contribution in [3.63, 3.8) is 0 Å². The highest BCUT2D eigenvalue weighted by atomic mass is 35.5. The van der Waals surface area contributed by atoms with Crippen molar-refractivity contribution >= 4 is 40.9 Å². The van der Waals surface area contributed by atoms with Crippen LogP contribution in [0.2, 0.25) is 10.0 Å². The summed E-state index contributed by atoms with van der Waals surface area (Å²) in [6.07, 6.45) is 0. The van der Waals surface area contributed by atoms with Gasteiger partial charge in [0.1, 0.15) is 6.04 Å². The molecule has 0 aliphatic carbocycles. The minimum atomic E-state index is -0.936. The van der Waals surface area contributed by atoms with E-state index in [2.05, 4.69) is 0 Å². The molecular formula is C19H16Cl2N2O3. The van der Waals surface area contributed by atoms with Crippen LogP contribution < -0.4 is 0 Å². The summed E-state index contributed by atoms with van der Waals surface area (Å²) in [4.78, 5) is 40.4. The van der Waals surface area contributed by atoms with Gasteiger partial charge in [0.2, 0.25) is 5.91 Å². The van der Waals surface area contributed by atoms with Gasteiger partial charge in [0, 0.05) is 13.6 Å². The number of likely N-dealkylation sites (N-methyl/N-ethyl adjacent to an activating group) is 1. The average Bonchev–Trinajstić information content (AvgIpc) is 2.85. The van der Waals surface area contributed by atoms with E-state index in [-0.39, 0.29) is 27.1 Å². The van der Waals surface area contributed by atoms with Gasteiger partial charge in [0.05, 0.1) is 21.2 Å². The fraction of sp³-hybridized carbons (Fsp3) is 0.211. The molecule has 3 amide bonds. The van der Waals surface area contributed by atoms with Crippen LogP contribution in [0.25, 0.3) is 0 Å². The third-order valence-corrected chi connectivity index (χ3v) is 5.06. The van der Waals surface area contributed by atoms with Gasteiger partial charge >= 0.3 is 0 Å². The number of amides is 3. The fourth-order valence-electron chi connectivity index (χ4n) is 2.97. The number of fused-ring (bicyclic) bond motifs is 1. The highest BCUT2D eigenvalue weighted by Gasteiger charge is 2.42. The summed E-state index contributed by atoms with van der Waals surface area (Å²) in [6.45, 7) is 1.92. The number of benzene rings is 2. The summed E-state index contributed by atoms with van der Waals surface area (Å²) >= 11 is 11.9. The number of carbonyl (C=O) groups is 3. The molecule has 1 unspecified atom stereocenters. The van der Waals surface area contributed by atoms with Gasteiger partial charge in [-0.2, -0.15) is 0 Å². The Kier molecular flexibility index (Phi) is 5.03. The normalized spacial score (nSPS) is 14.4. The van der Waals surface area contributed by atoms with Crippen LogP contribution in [0, 0.1) is 0 Å². The minimum absolute atomic E-state index is 0.162. The molecule has 0 aromatic heterocycles. The molecule has 7 heteroatoms. The number of carbonyl (C=O) groups excluding carboxylic acids is 3. The molecule has 0 N–H and O–H groups in total. The topological polar surface area (TPSA) is 57.7 Å². The molecule has 5 nitrogen and oxygen atoms in total. The molecule has 134 valence electrons. The van der Waals surface area contributed by atoms with E-state index in [1.807, 2.05) is 30.3 Å². The van der Waals surface area contributed by atoms with Crippen molar-refractivity contribution in [3.8, 4) is 0 Å². The molecule has 0 radical (unpaired) electrons. The largest absolute Gasteiger partial charge is 0.340 e. The van der Waals surface area contributed by atoms with E-state index in [0.29, 0.717) is 6.54 Å². The summed E-state index contributed by atoms with van der Waals surface area (Å²) in [7, 11) is 1.64. The van der Waals surface area contributed by atoms with Crippen molar-refractivity contribution in [1.29, 1.82) is 0 Å². The first kappa shape index (κ1) is 18.4. The van der Waals surface area contributed by atoms with Gasteiger partial charge in [-0.3, -0.25) is 19.3 Å². The molecular weight excluding hydrogens is 375 g/mol. The number of hydrogen-bond acceptors (Lipinski definition) is 3. The zero-order valence-electron chi connectivity index (χ0n) is 14.2. The van der Waals surface area contributed by atoms with E-state index in [0.717, 1.165) is 10.5 Å². The predicted octanol–water partition coefficient (Wildman–Crippen LogP) is 3.64. The highest BCUT2D eigenvalue weighted by molar-refractivity contribution is 6.43. The first-order valence-electron chi connectivity index (χ1n) is 7.97. The Balaban J connectivity index is 1.81. The van der Waals surface area contributed by atoms with Crippen LogP contribution >= 0.6 is 23.2 Å². The summed E-state index contributed by atoms with van der Waals surface area (Å²) in [6, 6.07) is 11.3. The average molecular weight is 391 g/mol. The highest BCUT2D eigenvalue weighted by Crippen LogP contribution is 2.32. The molecule has 1 heterocycles. The van der Waals surface area contributed by atoms with Crippen molar-refractivity contribution in [2.24, 2.45) is 0 Å². The van der Waals surface area contributed by atoms with E-state index in [9.17, 15) is 14.4 Å². The Bertz CT molecular complexity index is 858. The lowest BCUT2D eigenvalue weighted by molar-refractivity contribution is -0.134. The monoisotopic (exact) mass is 390 g/mol. The number of hydrogen-bond donors (Lipinski definition) is 0. The molecule has 2 aromatic carbocycles. The summed E-state index contributed by atoms with van der Waals surface area (Å²) in [5, 5.41) is 0.377. The Morgan fingerprint density at radius 1 is 1.04 bits per heavy atom. The van der Waals surface area contributed by atoms with Crippen LogP contribution in [0.4, 0.5) is 0 Å². The molecule has 0 spiro atoms. The van der Waals surface area contributed by atoms with Gasteiger partial charge in [-0.15, -0.1) is 0 Å². The van der Waals surface area contributed by atoms with Crippen LogP contribution in [0.15, 0.2) is 42.5 Å². The number of rotatable bonds is 4. The van der Waals surface area contributed by atoms with Crippen LogP contribution in [0.1, 0.15) is 33.2 Å². The van der Waals surface area contributed by atoms with E-state index in [1.165, 1.54) is 24.0 Å². The van der Waals surface area contributed by atoms with Gasteiger partial charge in [0.25, 0.3) is 11.8 Å². The molecule has 1 aliphatic heterocycles. The van der Waals surface area contributed by atoms with E-state index in [1.54, 1.807) is 7.05 Å². The molecule has 26 heavy (non-hydrogen) atoms. The van der Waals surface area contributed by atoms with E-state index in [4.69, 9.17) is 23.2 Å². The molecule has 0 bridgehead atoms. The molecule has 1 atom stereocenters. The molecule has 0 saturated carbocycles. The Labute approximate surface area is 161 Å². The van der Waals surface area contributed by atoms with Gasteiger partial charge in [-0.05, 0) is 24.6 Å². The maximum absolute atomic E-state index is 12.7. The molecule has 2 aromatic rings. The lowest BCUT2D eigenvalue weighted by Crippen LogP contribution is -2.48. The first-order valence-corrected chi connectivity index (χ1v) is 8.72. The standard InChI is InChI=1S/C19H16Cl2N2O3/c1-11(17(24)22(2)10-12-6-4-3-5-7-12)23-18(25)13-8-15(20)16(21)9-14(13)19(23)26/h3-9,11H,10H2,1-2H3. The van der Waals surface area contributed by atoms with Crippen LogP contribution in [-0.2, 0) is 11.3 Å². The van der Waals surface area contributed by atoms with Gasteiger partial charge in [0.15, 0.2) is 0 Å². The second-order valence-electron chi connectivity index (χ2n) is 6.15. The Morgan fingerprint density at radius 3 is 2.04 bits per heavy atom. The zero-order chi connectivity index (χ0) is 19.0. The Morgan fingerprint density at radius 2 is 1.54 bits per heavy atom. The molecule has 0 fully saturated rings. The van der Waals surface area contributed by atoms with Crippen molar-refractivity contribution in [2.75, 3.05) is 7.05 Å². The van der Waals surface area contributed by atoms with Gasteiger partial charge in [-0.25, -0.2) is 0 Å². The summed E-state index contributed by atoms with van der Waals surface area (Å²) in [5.74, 6) is -1.42. The van der Waals surface area contributed by atoms with E-state index >= 15 is 0 Å². The van der Waals surface area contributed by atoms with Crippen LogP contribution in [0.3, 0.4) is 0 Å². The van der Waals surface area contributed by atoms with Crippen LogP contribution in [-0.4, -0.2) is 40.6 Å². The van der Waals surface area contributed by atoms with Crippen molar-refractivity contribution in [3.05, 3.63) is 69.2 Å².